The van der Waals surface area contributed by atoms with Crippen molar-refractivity contribution in [1.82, 2.24) is 4.98 Å². The number of hydrogen-bond donors (Lipinski definition) is 0. The van der Waals surface area contributed by atoms with E-state index in [1.165, 1.54) is 22.5 Å². The molecule has 0 saturated heterocycles. The van der Waals surface area contributed by atoms with Crippen LogP contribution in [0.25, 0.3) is 37.8 Å². The Kier molecular flexibility index (Phi) is 7.96. The third-order valence-corrected chi connectivity index (χ3v) is 6.49. The maximum absolute atomic E-state index is 7.16. The molecule has 4 nitrogen and oxygen atoms in total. The van der Waals surface area contributed by atoms with Crippen molar-refractivity contribution in [1.29, 1.82) is 0 Å². The average Bonchev–Trinajstić information content (AvgIpc) is 3.64. The third-order valence-electron chi connectivity index (χ3n) is 6.49. The van der Waals surface area contributed by atoms with E-state index >= 15 is 0 Å². The second-order valence-corrected chi connectivity index (χ2v) is 8.92. The van der Waals surface area contributed by atoms with E-state index in [0.29, 0.717) is 5.69 Å². The molecule has 0 bridgehead atoms. The number of hydrogen-bond acceptors (Lipinski definition) is 2. The third kappa shape index (κ3) is 5.67. The van der Waals surface area contributed by atoms with Crippen LogP contribution in [0, 0.1) is 13.2 Å². The number of benzene rings is 5. The molecule has 1 radical (unpaired) electrons. The van der Waals surface area contributed by atoms with Crippen LogP contribution >= 0.6 is 0 Å². The largest absolute Gasteiger partial charge is 0.657 e. The Balaban J connectivity index is 0.000000157. The minimum atomic E-state index is 0. The molecule has 6 aromatic rings. The molecule has 2 heterocycles. The summed E-state index contributed by atoms with van der Waals surface area (Å²) in [7, 11) is 0. The van der Waals surface area contributed by atoms with E-state index < -0.39 is 0 Å². The minimum Gasteiger partial charge on any atom is -0.657 e. The SMILES string of the molecule is C1=CN(c2ccccc2)[CH-]N1c1ccccc1.[Au].[C-]#[N+]c1ccc2[n-]c3ccc(-c4ccccc4)cc3c2c1. The number of para-hydroxylation sites is 2. The van der Waals surface area contributed by atoms with Gasteiger partial charge in [0.2, 0.25) is 0 Å². The maximum atomic E-state index is 7.16. The standard InChI is InChI=1S/C19H11N2.C15H13N2.Au/c1-20-15-8-10-19-17(12-15)16-11-14(7-9-18(16)21-19)13-5-3-2-4-6-13;1-3-7-14(8-4-1)16-11-12-17(13-16)15-9-5-2-6-10-15;/h2-12H;1-13H;/q2*-1;. The van der Waals surface area contributed by atoms with Gasteiger partial charge in [0.05, 0.1) is 6.57 Å². The van der Waals surface area contributed by atoms with Crippen LogP contribution in [0.2, 0.25) is 0 Å². The molecule has 0 amide bonds. The van der Waals surface area contributed by atoms with Crippen molar-refractivity contribution in [2.75, 3.05) is 9.80 Å². The Labute approximate surface area is 244 Å². The van der Waals surface area contributed by atoms with Gasteiger partial charge < -0.3 is 14.8 Å². The Morgan fingerprint density at radius 2 is 1.08 bits per heavy atom. The van der Waals surface area contributed by atoms with E-state index in [9.17, 15) is 0 Å². The van der Waals surface area contributed by atoms with Crippen molar-refractivity contribution in [3.63, 3.8) is 0 Å². The van der Waals surface area contributed by atoms with E-state index in [1.54, 1.807) is 0 Å². The number of rotatable bonds is 3. The van der Waals surface area contributed by atoms with Gasteiger partial charge in [-0.25, -0.2) is 4.85 Å². The molecule has 5 aromatic carbocycles. The first kappa shape index (κ1) is 26.1. The van der Waals surface area contributed by atoms with E-state index in [1.807, 2.05) is 72.8 Å². The van der Waals surface area contributed by atoms with Gasteiger partial charge in [0.15, 0.2) is 5.69 Å². The van der Waals surface area contributed by atoms with Crippen LogP contribution in [0.4, 0.5) is 17.1 Å². The Bertz CT molecular complexity index is 1710. The van der Waals surface area contributed by atoms with Crippen LogP contribution in [0.3, 0.4) is 0 Å². The molecule has 1 aliphatic heterocycles. The van der Waals surface area contributed by atoms with E-state index in [0.717, 1.165) is 21.8 Å². The first-order valence-electron chi connectivity index (χ1n) is 12.4. The molecular weight excluding hydrogens is 661 g/mol. The van der Waals surface area contributed by atoms with Crippen molar-refractivity contribution in [2.24, 2.45) is 0 Å². The Morgan fingerprint density at radius 3 is 1.64 bits per heavy atom. The maximum Gasteiger partial charge on any atom is 0.187 e. The zero-order chi connectivity index (χ0) is 25.7. The zero-order valence-corrected chi connectivity index (χ0v) is 23.1. The fraction of sp³-hybridized carbons (Fsp3) is 0. The summed E-state index contributed by atoms with van der Waals surface area (Å²) in [5, 5.41) is 2.16. The van der Waals surface area contributed by atoms with Gasteiger partial charge in [-0.3, -0.25) is 0 Å². The van der Waals surface area contributed by atoms with Gasteiger partial charge in [-0.2, -0.15) is 0 Å². The predicted octanol–water partition coefficient (Wildman–Crippen LogP) is 8.77. The average molecular weight is 686 g/mol. The second kappa shape index (κ2) is 11.9. The molecule has 0 saturated carbocycles. The normalized spacial score (nSPS) is 12.1. The molecule has 1 aromatic heterocycles. The smallest absolute Gasteiger partial charge is 0.187 e. The molecule has 0 N–H and O–H groups in total. The first-order chi connectivity index (χ1) is 18.8. The molecule has 5 heteroatoms. The summed E-state index contributed by atoms with van der Waals surface area (Å²) in [5.74, 6) is 0. The zero-order valence-electron chi connectivity index (χ0n) is 20.9. The Hall–Kier alpha value is -4.53. The van der Waals surface area contributed by atoms with E-state index in [-0.39, 0.29) is 22.4 Å². The van der Waals surface area contributed by atoms with Gasteiger partial charge >= 0.3 is 0 Å². The van der Waals surface area contributed by atoms with Crippen LogP contribution in [0.1, 0.15) is 0 Å². The van der Waals surface area contributed by atoms with Gasteiger partial charge in [0, 0.05) is 33.8 Å². The molecule has 1 aliphatic rings. The van der Waals surface area contributed by atoms with Crippen molar-refractivity contribution >= 4 is 38.9 Å². The summed E-state index contributed by atoms with van der Waals surface area (Å²) < 4.78 is 0. The van der Waals surface area contributed by atoms with Crippen LogP contribution in [-0.4, -0.2) is 0 Å². The monoisotopic (exact) mass is 685 g/mol. The number of anilines is 2. The van der Waals surface area contributed by atoms with Crippen LogP contribution in [-0.2, 0) is 22.4 Å². The quantitative estimate of drug-likeness (QED) is 0.138. The summed E-state index contributed by atoms with van der Waals surface area (Å²) in [4.78, 5) is 12.3. The summed E-state index contributed by atoms with van der Waals surface area (Å²) in [5.41, 5.74) is 7.28. The second-order valence-electron chi connectivity index (χ2n) is 8.92. The fourth-order valence-electron chi connectivity index (χ4n) is 4.56. The van der Waals surface area contributed by atoms with Crippen molar-refractivity contribution in [3.8, 4) is 11.1 Å². The van der Waals surface area contributed by atoms with E-state index in [4.69, 9.17) is 6.57 Å². The van der Waals surface area contributed by atoms with Crippen LogP contribution < -0.4 is 14.8 Å². The molecule has 193 valence electrons. The molecule has 7 rings (SSSR count). The number of aromatic nitrogens is 1. The summed E-state index contributed by atoms with van der Waals surface area (Å²) in [6, 6.07) is 42.9. The summed E-state index contributed by atoms with van der Waals surface area (Å²) in [6.45, 7) is 9.24. The van der Waals surface area contributed by atoms with Gasteiger partial charge in [-0.1, -0.05) is 91.0 Å². The molecule has 0 atom stereocenters. The van der Waals surface area contributed by atoms with Crippen LogP contribution in [0.5, 0.6) is 0 Å². The fourth-order valence-corrected chi connectivity index (χ4v) is 4.56. The minimum absolute atomic E-state index is 0. The molecule has 0 spiro atoms. The van der Waals surface area contributed by atoms with Gasteiger partial charge in [-0.15, -0.1) is 17.7 Å². The molecule has 0 aliphatic carbocycles. The molecule has 0 unspecified atom stereocenters. The Morgan fingerprint density at radius 1 is 0.564 bits per heavy atom. The van der Waals surface area contributed by atoms with Gasteiger partial charge in [0.25, 0.3) is 0 Å². The first-order valence-corrected chi connectivity index (χ1v) is 12.4. The topological polar surface area (TPSA) is 24.9 Å². The van der Waals surface area contributed by atoms with Gasteiger partial charge in [-0.05, 0) is 70.7 Å². The van der Waals surface area contributed by atoms with Crippen LogP contribution in [0.15, 0.2) is 140 Å². The van der Waals surface area contributed by atoms with Crippen molar-refractivity contribution in [2.45, 2.75) is 0 Å². The number of nitrogens with zero attached hydrogens (tertiary/aromatic N) is 4. The van der Waals surface area contributed by atoms with Crippen molar-refractivity contribution < 1.29 is 22.4 Å². The molecule has 39 heavy (non-hydrogen) atoms. The molecular formula is C34H24AuN4-2. The summed E-state index contributed by atoms with van der Waals surface area (Å²) >= 11 is 0. The van der Waals surface area contributed by atoms with Crippen molar-refractivity contribution in [3.05, 3.63) is 158 Å². The number of fused-ring (bicyclic) bond motifs is 3. The predicted molar refractivity (Wildman–Crippen MR) is 158 cm³/mol. The van der Waals surface area contributed by atoms with Gasteiger partial charge in [0.1, 0.15) is 0 Å². The summed E-state index contributed by atoms with van der Waals surface area (Å²) in [6.07, 6.45) is 4.12. The molecule has 0 fully saturated rings. The van der Waals surface area contributed by atoms with E-state index in [2.05, 4.69) is 93.3 Å².